The highest BCUT2D eigenvalue weighted by molar-refractivity contribution is 6.35. The molecule has 0 N–H and O–H groups in total. The molecule has 1 heterocycles. The maximum absolute atomic E-state index is 6.20. The molecule has 1 atom stereocenters. The van der Waals surface area contributed by atoms with Gasteiger partial charge in [0.1, 0.15) is 18.5 Å². The van der Waals surface area contributed by atoms with Crippen LogP contribution in [-0.2, 0) is 11.3 Å². The van der Waals surface area contributed by atoms with Crippen molar-refractivity contribution in [2.24, 2.45) is 0 Å². The van der Waals surface area contributed by atoms with Gasteiger partial charge in [-0.1, -0.05) is 75.1 Å². The zero-order chi connectivity index (χ0) is 20.0. The SMILES string of the molecule is CCCCCCCCCCOC(COc1ccc(Cl)cc1Cl)Cn1ccnc1. The molecule has 156 valence electrons. The third-order valence-electron chi connectivity index (χ3n) is 4.64. The van der Waals surface area contributed by atoms with E-state index < -0.39 is 0 Å². The van der Waals surface area contributed by atoms with E-state index >= 15 is 0 Å². The molecule has 2 rings (SSSR count). The summed E-state index contributed by atoms with van der Waals surface area (Å²) in [5, 5.41) is 1.11. The average molecular weight is 427 g/mol. The highest BCUT2D eigenvalue weighted by atomic mass is 35.5. The number of imidazole rings is 1. The number of ether oxygens (including phenoxy) is 2. The summed E-state index contributed by atoms with van der Waals surface area (Å²) in [6, 6.07) is 5.25. The zero-order valence-electron chi connectivity index (χ0n) is 16.8. The third-order valence-corrected chi connectivity index (χ3v) is 5.17. The van der Waals surface area contributed by atoms with Gasteiger partial charge >= 0.3 is 0 Å². The van der Waals surface area contributed by atoms with Crippen LogP contribution < -0.4 is 4.74 Å². The van der Waals surface area contributed by atoms with Gasteiger partial charge in [-0.15, -0.1) is 0 Å². The number of rotatable bonds is 15. The first-order valence-electron chi connectivity index (χ1n) is 10.3. The van der Waals surface area contributed by atoms with Crippen LogP contribution in [0.15, 0.2) is 36.9 Å². The maximum Gasteiger partial charge on any atom is 0.138 e. The summed E-state index contributed by atoms with van der Waals surface area (Å²) in [5.74, 6) is 0.623. The van der Waals surface area contributed by atoms with Crippen molar-refractivity contribution in [3.05, 3.63) is 47.0 Å². The molecule has 1 unspecified atom stereocenters. The Hall–Kier alpha value is -1.23. The van der Waals surface area contributed by atoms with E-state index in [0.717, 1.165) is 13.0 Å². The highest BCUT2D eigenvalue weighted by Crippen LogP contribution is 2.27. The van der Waals surface area contributed by atoms with E-state index in [1.807, 2.05) is 10.8 Å². The largest absolute Gasteiger partial charge is 0.489 e. The van der Waals surface area contributed by atoms with E-state index in [-0.39, 0.29) is 6.10 Å². The first-order chi connectivity index (χ1) is 13.7. The average Bonchev–Trinajstić information content (AvgIpc) is 3.18. The second kappa shape index (κ2) is 13.9. The van der Waals surface area contributed by atoms with Gasteiger partial charge in [-0.25, -0.2) is 4.98 Å². The number of aromatic nitrogens is 2. The first-order valence-corrected chi connectivity index (χ1v) is 11.1. The van der Waals surface area contributed by atoms with Crippen molar-refractivity contribution in [3.63, 3.8) is 0 Å². The monoisotopic (exact) mass is 426 g/mol. The molecule has 0 bridgehead atoms. The molecule has 0 saturated heterocycles. The third kappa shape index (κ3) is 9.31. The molecular weight excluding hydrogens is 395 g/mol. The summed E-state index contributed by atoms with van der Waals surface area (Å²) in [6.07, 6.45) is 15.7. The summed E-state index contributed by atoms with van der Waals surface area (Å²) < 4.78 is 14.0. The fourth-order valence-corrected chi connectivity index (χ4v) is 3.51. The fourth-order valence-electron chi connectivity index (χ4n) is 3.04. The normalized spacial score (nSPS) is 12.2. The predicted molar refractivity (Wildman–Crippen MR) is 117 cm³/mol. The van der Waals surface area contributed by atoms with Crippen LogP contribution >= 0.6 is 23.2 Å². The number of nitrogens with zero attached hydrogens (tertiary/aromatic N) is 2. The first kappa shape index (κ1) is 23.1. The van der Waals surface area contributed by atoms with E-state index in [9.17, 15) is 0 Å². The second-order valence-corrected chi connectivity index (χ2v) is 7.96. The van der Waals surface area contributed by atoms with Gasteiger partial charge < -0.3 is 14.0 Å². The lowest BCUT2D eigenvalue weighted by atomic mass is 10.1. The highest BCUT2D eigenvalue weighted by Gasteiger charge is 2.13. The van der Waals surface area contributed by atoms with Crippen molar-refractivity contribution in [1.82, 2.24) is 9.55 Å². The minimum Gasteiger partial charge on any atom is -0.489 e. The number of hydrogen-bond donors (Lipinski definition) is 0. The van der Waals surface area contributed by atoms with Crippen LogP contribution in [-0.4, -0.2) is 28.9 Å². The molecule has 0 radical (unpaired) electrons. The van der Waals surface area contributed by atoms with Gasteiger partial charge in [-0.2, -0.15) is 0 Å². The van der Waals surface area contributed by atoms with E-state index in [0.29, 0.717) is 28.9 Å². The summed E-state index contributed by atoms with van der Waals surface area (Å²) in [4.78, 5) is 4.10. The van der Waals surface area contributed by atoms with E-state index in [4.69, 9.17) is 32.7 Å². The van der Waals surface area contributed by atoms with Crippen LogP contribution in [0.2, 0.25) is 10.0 Å². The summed E-state index contributed by atoms with van der Waals surface area (Å²) in [7, 11) is 0. The molecule has 1 aromatic carbocycles. The van der Waals surface area contributed by atoms with Crippen molar-refractivity contribution in [1.29, 1.82) is 0 Å². The molecule has 4 nitrogen and oxygen atoms in total. The van der Waals surface area contributed by atoms with Crippen LogP contribution in [0.3, 0.4) is 0 Å². The molecule has 0 aliphatic carbocycles. The Morgan fingerprint density at radius 1 is 1.04 bits per heavy atom. The molecule has 0 aliphatic heterocycles. The molecule has 28 heavy (non-hydrogen) atoms. The molecular formula is C22H32Cl2N2O2. The number of unbranched alkanes of at least 4 members (excludes halogenated alkanes) is 7. The molecule has 0 spiro atoms. The number of halogens is 2. The van der Waals surface area contributed by atoms with Crippen LogP contribution in [0.25, 0.3) is 0 Å². The maximum atomic E-state index is 6.20. The van der Waals surface area contributed by atoms with Crippen LogP contribution in [0.1, 0.15) is 58.3 Å². The second-order valence-electron chi connectivity index (χ2n) is 7.11. The topological polar surface area (TPSA) is 36.3 Å². The number of benzene rings is 1. The predicted octanol–water partition coefficient (Wildman–Crippen LogP) is 6.79. The number of hydrogen-bond acceptors (Lipinski definition) is 3. The molecule has 2 aromatic rings. The van der Waals surface area contributed by atoms with Crippen molar-refractivity contribution >= 4 is 23.2 Å². The van der Waals surface area contributed by atoms with Gasteiger partial charge in [-0.3, -0.25) is 0 Å². The minimum absolute atomic E-state index is 0.0644. The Morgan fingerprint density at radius 2 is 1.79 bits per heavy atom. The smallest absolute Gasteiger partial charge is 0.138 e. The van der Waals surface area contributed by atoms with Crippen molar-refractivity contribution < 1.29 is 9.47 Å². The molecule has 1 aromatic heterocycles. The molecule has 0 aliphatic rings. The Kier molecular flexibility index (Phi) is 11.4. The molecule has 0 saturated carbocycles. The van der Waals surface area contributed by atoms with Crippen molar-refractivity contribution in [2.75, 3.05) is 13.2 Å². The fraction of sp³-hybridized carbons (Fsp3) is 0.591. The summed E-state index contributed by atoms with van der Waals surface area (Å²) in [5.41, 5.74) is 0. The van der Waals surface area contributed by atoms with Gasteiger partial charge in [0, 0.05) is 24.0 Å². The lowest BCUT2D eigenvalue weighted by Crippen LogP contribution is -2.27. The van der Waals surface area contributed by atoms with E-state index in [1.54, 1.807) is 30.7 Å². The van der Waals surface area contributed by atoms with E-state index in [2.05, 4.69) is 11.9 Å². The van der Waals surface area contributed by atoms with Crippen molar-refractivity contribution in [2.45, 2.75) is 70.9 Å². The lowest BCUT2D eigenvalue weighted by molar-refractivity contribution is 0.00810. The Balaban J connectivity index is 1.71. The van der Waals surface area contributed by atoms with Gasteiger partial charge in [0.05, 0.1) is 17.9 Å². The van der Waals surface area contributed by atoms with Crippen molar-refractivity contribution in [3.8, 4) is 5.75 Å². The van der Waals surface area contributed by atoms with Gasteiger partial charge in [0.2, 0.25) is 0 Å². The minimum atomic E-state index is -0.0644. The lowest BCUT2D eigenvalue weighted by Gasteiger charge is -2.19. The van der Waals surface area contributed by atoms with Crippen LogP contribution in [0.4, 0.5) is 0 Å². The quantitative estimate of drug-likeness (QED) is 0.294. The molecule has 6 heteroatoms. The molecule has 0 amide bonds. The van der Waals surface area contributed by atoms with Gasteiger partial charge in [0.25, 0.3) is 0 Å². The Morgan fingerprint density at radius 3 is 2.46 bits per heavy atom. The van der Waals surface area contributed by atoms with Crippen LogP contribution in [0, 0.1) is 0 Å². The standard InChI is InChI=1S/C22H32Cl2N2O2/c1-2-3-4-5-6-7-8-9-14-27-20(16-26-13-12-25-18-26)17-28-22-11-10-19(23)15-21(22)24/h10-13,15,18,20H,2-9,14,16-17H2,1H3. The summed E-state index contributed by atoms with van der Waals surface area (Å²) >= 11 is 12.1. The van der Waals surface area contributed by atoms with Gasteiger partial charge in [0.15, 0.2) is 0 Å². The van der Waals surface area contributed by atoms with E-state index in [1.165, 1.54) is 44.9 Å². The Labute approximate surface area is 179 Å². The van der Waals surface area contributed by atoms with Gasteiger partial charge in [-0.05, 0) is 24.6 Å². The summed E-state index contributed by atoms with van der Waals surface area (Å²) in [6.45, 7) is 4.12. The van der Waals surface area contributed by atoms with Crippen LogP contribution in [0.5, 0.6) is 5.75 Å². The Bertz CT molecular complexity index is 650. The zero-order valence-corrected chi connectivity index (χ0v) is 18.3. The molecule has 0 fully saturated rings.